The quantitative estimate of drug-likeness (QED) is 0.742. The highest BCUT2D eigenvalue weighted by Crippen LogP contribution is 2.18. The summed E-state index contributed by atoms with van der Waals surface area (Å²) in [5.41, 5.74) is 0. The molecule has 0 radical (unpaired) electrons. The van der Waals surface area contributed by atoms with Crippen LogP contribution in [0.1, 0.15) is 13.8 Å². The third-order valence-electron chi connectivity index (χ3n) is 2.33. The third kappa shape index (κ3) is 7.40. The summed E-state index contributed by atoms with van der Waals surface area (Å²) in [5, 5.41) is 5.95. The van der Waals surface area contributed by atoms with E-state index in [1.807, 2.05) is 31.2 Å². The molecule has 1 aromatic rings. The molecule has 2 N–H and O–H groups in total. The Bertz CT molecular complexity index is 391. The lowest BCUT2D eigenvalue weighted by molar-refractivity contribution is -0.127. The summed E-state index contributed by atoms with van der Waals surface area (Å²) in [5.74, 6) is 0.576. The molecule has 0 aliphatic heterocycles. The number of rotatable bonds is 7. The van der Waals surface area contributed by atoms with Crippen LogP contribution in [0, 0.1) is 0 Å². The van der Waals surface area contributed by atoms with Gasteiger partial charge in [0.1, 0.15) is 5.75 Å². The number of hydrogen-bond acceptors (Lipinski definition) is 3. The molecule has 1 rings (SSSR count). The fourth-order valence-electron chi connectivity index (χ4n) is 1.39. The largest absolute Gasteiger partial charge is 0.481 e. The van der Waals surface area contributed by atoms with Crippen LogP contribution in [0.25, 0.3) is 0 Å². The van der Waals surface area contributed by atoms with Gasteiger partial charge in [0.25, 0.3) is 5.91 Å². The minimum Gasteiger partial charge on any atom is -0.481 e. The van der Waals surface area contributed by atoms with Crippen LogP contribution in [0.5, 0.6) is 5.75 Å². The van der Waals surface area contributed by atoms with Gasteiger partial charge in [0, 0.05) is 17.6 Å². The molecule has 1 aromatic carbocycles. The molecule has 0 saturated carbocycles. The lowest BCUT2D eigenvalue weighted by atomic mass is 10.3. The Morgan fingerprint density at radius 1 is 1.42 bits per heavy atom. The van der Waals surface area contributed by atoms with Gasteiger partial charge < -0.3 is 15.4 Å². The van der Waals surface area contributed by atoms with Gasteiger partial charge in [0.05, 0.1) is 0 Å². The first-order valence-corrected chi connectivity index (χ1v) is 6.83. The molecule has 108 valence electrons. The number of likely N-dealkylation sites (N-methyl/N-ethyl adjacent to an activating group) is 1. The summed E-state index contributed by atoms with van der Waals surface area (Å²) in [7, 11) is 0. The maximum atomic E-state index is 11.7. The van der Waals surface area contributed by atoms with Gasteiger partial charge in [0.2, 0.25) is 0 Å². The van der Waals surface area contributed by atoms with Gasteiger partial charge in [-0.15, -0.1) is 12.4 Å². The smallest absolute Gasteiger partial charge is 0.260 e. The molecular weight excluding hydrogens is 332 g/mol. The summed E-state index contributed by atoms with van der Waals surface area (Å²) >= 11 is 3.36. The zero-order valence-corrected chi connectivity index (χ0v) is 13.5. The van der Waals surface area contributed by atoms with E-state index in [4.69, 9.17) is 4.74 Å². The van der Waals surface area contributed by atoms with Crippen LogP contribution >= 0.6 is 28.3 Å². The SMILES string of the molecule is CCNCCNC(=O)C(C)Oc1cccc(Br)c1.Cl. The van der Waals surface area contributed by atoms with E-state index in [1.165, 1.54) is 0 Å². The van der Waals surface area contributed by atoms with Gasteiger partial charge in [-0.05, 0) is 31.7 Å². The summed E-state index contributed by atoms with van der Waals surface area (Å²) < 4.78 is 6.48. The topological polar surface area (TPSA) is 50.4 Å². The predicted octanol–water partition coefficient (Wildman–Crippen LogP) is 2.36. The number of ether oxygens (including phenoxy) is 1. The molecule has 1 atom stereocenters. The number of halogens is 2. The van der Waals surface area contributed by atoms with Crippen LogP contribution in [-0.4, -0.2) is 31.6 Å². The molecule has 1 amide bonds. The minimum absolute atomic E-state index is 0. The van der Waals surface area contributed by atoms with Crippen molar-refractivity contribution in [2.75, 3.05) is 19.6 Å². The highest BCUT2D eigenvalue weighted by atomic mass is 79.9. The van der Waals surface area contributed by atoms with Crippen LogP contribution < -0.4 is 15.4 Å². The van der Waals surface area contributed by atoms with Crippen LogP contribution in [0.4, 0.5) is 0 Å². The van der Waals surface area contributed by atoms with E-state index in [9.17, 15) is 4.79 Å². The highest BCUT2D eigenvalue weighted by molar-refractivity contribution is 9.10. The van der Waals surface area contributed by atoms with Crippen LogP contribution in [0.3, 0.4) is 0 Å². The monoisotopic (exact) mass is 350 g/mol. The molecule has 6 heteroatoms. The fourth-order valence-corrected chi connectivity index (χ4v) is 1.77. The summed E-state index contributed by atoms with van der Waals surface area (Å²) in [4.78, 5) is 11.7. The van der Waals surface area contributed by atoms with Crippen molar-refractivity contribution in [1.29, 1.82) is 0 Å². The van der Waals surface area contributed by atoms with Crippen molar-refractivity contribution in [1.82, 2.24) is 10.6 Å². The lowest BCUT2D eigenvalue weighted by Crippen LogP contribution is -2.39. The Balaban J connectivity index is 0.00000324. The van der Waals surface area contributed by atoms with Gasteiger partial charge in [-0.2, -0.15) is 0 Å². The van der Waals surface area contributed by atoms with Crippen LogP contribution in [0.15, 0.2) is 28.7 Å². The number of hydrogen-bond donors (Lipinski definition) is 2. The van der Waals surface area contributed by atoms with Crippen molar-refractivity contribution in [3.63, 3.8) is 0 Å². The van der Waals surface area contributed by atoms with E-state index >= 15 is 0 Å². The van der Waals surface area contributed by atoms with Crippen molar-refractivity contribution in [3.8, 4) is 5.75 Å². The number of amides is 1. The van der Waals surface area contributed by atoms with E-state index < -0.39 is 6.10 Å². The zero-order valence-electron chi connectivity index (χ0n) is 11.1. The fraction of sp³-hybridized carbons (Fsp3) is 0.462. The molecule has 0 saturated heterocycles. The Hall–Kier alpha value is -0.780. The molecule has 0 aromatic heterocycles. The van der Waals surface area contributed by atoms with Crippen molar-refractivity contribution in [2.24, 2.45) is 0 Å². The van der Waals surface area contributed by atoms with E-state index in [1.54, 1.807) is 6.92 Å². The van der Waals surface area contributed by atoms with Crippen molar-refractivity contribution >= 4 is 34.2 Å². The van der Waals surface area contributed by atoms with E-state index in [-0.39, 0.29) is 18.3 Å². The molecule has 4 nitrogen and oxygen atoms in total. The predicted molar refractivity (Wildman–Crippen MR) is 83.0 cm³/mol. The normalized spacial score (nSPS) is 11.3. The molecule has 0 aliphatic rings. The van der Waals surface area contributed by atoms with E-state index in [0.717, 1.165) is 17.6 Å². The van der Waals surface area contributed by atoms with Crippen molar-refractivity contribution in [2.45, 2.75) is 20.0 Å². The Morgan fingerprint density at radius 3 is 2.79 bits per heavy atom. The number of carbonyl (C=O) groups is 1. The average Bonchev–Trinajstić information content (AvgIpc) is 2.34. The second-order valence-corrected chi connectivity index (χ2v) is 4.78. The first kappa shape index (κ1) is 18.2. The number of nitrogens with one attached hydrogen (secondary N) is 2. The third-order valence-corrected chi connectivity index (χ3v) is 2.82. The average molecular weight is 352 g/mol. The van der Waals surface area contributed by atoms with Crippen molar-refractivity contribution < 1.29 is 9.53 Å². The molecule has 0 fully saturated rings. The van der Waals surface area contributed by atoms with Gasteiger partial charge in [-0.25, -0.2) is 0 Å². The molecule has 0 aliphatic carbocycles. The summed E-state index contributed by atoms with van der Waals surface area (Å²) in [6.45, 7) is 6.05. The van der Waals surface area contributed by atoms with Crippen molar-refractivity contribution in [3.05, 3.63) is 28.7 Å². The Morgan fingerprint density at radius 2 is 2.16 bits per heavy atom. The number of benzene rings is 1. The second kappa shape index (κ2) is 10.1. The zero-order chi connectivity index (χ0) is 13.4. The molecule has 1 unspecified atom stereocenters. The van der Waals surface area contributed by atoms with Crippen LogP contribution in [0.2, 0.25) is 0 Å². The lowest BCUT2D eigenvalue weighted by Gasteiger charge is -2.14. The Kier molecular flexibility index (Phi) is 9.65. The maximum Gasteiger partial charge on any atom is 0.260 e. The molecular formula is C13H20BrClN2O2. The van der Waals surface area contributed by atoms with Crippen LogP contribution in [-0.2, 0) is 4.79 Å². The van der Waals surface area contributed by atoms with Gasteiger partial charge in [-0.1, -0.05) is 28.9 Å². The molecule has 19 heavy (non-hydrogen) atoms. The van der Waals surface area contributed by atoms with E-state index in [0.29, 0.717) is 12.3 Å². The maximum absolute atomic E-state index is 11.7. The summed E-state index contributed by atoms with van der Waals surface area (Å²) in [6, 6.07) is 7.44. The minimum atomic E-state index is -0.499. The summed E-state index contributed by atoms with van der Waals surface area (Å²) in [6.07, 6.45) is -0.499. The van der Waals surface area contributed by atoms with Gasteiger partial charge in [0.15, 0.2) is 6.10 Å². The highest BCUT2D eigenvalue weighted by Gasteiger charge is 2.13. The van der Waals surface area contributed by atoms with E-state index in [2.05, 4.69) is 26.6 Å². The van der Waals surface area contributed by atoms with Gasteiger partial charge >= 0.3 is 0 Å². The first-order chi connectivity index (χ1) is 8.63. The second-order valence-electron chi connectivity index (χ2n) is 3.86. The standard InChI is InChI=1S/C13H19BrN2O2.ClH/c1-3-15-7-8-16-13(17)10(2)18-12-6-4-5-11(14)9-12;/h4-6,9-10,15H,3,7-8H2,1-2H3,(H,16,17);1H. The first-order valence-electron chi connectivity index (χ1n) is 6.04. The molecule has 0 bridgehead atoms. The number of carbonyl (C=O) groups excluding carboxylic acids is 1. The Labute approximate surface area is 128 Å². The van der Waals surface area contributed by atoms with Gasteiger partial charge in [-0.3, -0.25) is 4.79 Å². The molecule has 0 heterocycles. The molecule has 0 spiro atoms.